The highest BCUT2D eigenvalue weighted by Crippen LogP contribution is 2.44. The molecule has 0 unspecified atom stereocenters. The predicted molar refractivity (Wildman–Crippen MR) is 159 cm³/mol. The van der Waals surface area contributed by atoms with Crippen molar-refractivity contribution in [1.82, 2.24) is 5.32 Å². The molecule has 0 aromatic heterocycles. The summed E-state index contributed by atoms with van der Waals surface area (Å²) in [5, 5.41) is 2.90. The second-order valence-corrected chi connectivity index (χ2v) is 11.4. The van der Waals surface area contributed by atoms with Crippen molar-refractivity contribution >= 4 is 36.5 Å². The minimum atomic E-state index is -0.641. The van der Waals surface area contributed by atoms with Crippen LogP contribution in [0.4, 0.5) is 4.79 Å². The zero-order valence-corrected chi connectivity index (χ0v) is 23.5. The van der Waals surface area contributed by atoms with E-state index in [4.69, 9.17) is 32.0 Å². The molecule has 8 heteroatoms. The average Bonchev–Trinajstić information content (AvgIpc) is 3.34. The van der Waals surface area contributed by atoms with E-state index in [2.05, 4.69) is 29.6 Å². The van der Waals surface area contributed by atoms with Gasteiger partial charge in [-0.3, -0.25) is 0 Å². The maximum absolute atomic E-state index is 12.9. The normalized spacial score (nSPS) is 17.4. The van der Waals surface area contributed by atoms with E-state index in [0.717, 1.165) is 16.6 Å². The molecule has 0 radical (unpaired) electrons. The largest absolute Gasteiger partial charge is 0.492 e. The topological polar surface area (TPSA) is 82.8 Å². The van der Waals surface area contributed by atoms with Crippen molar-refractivity contribution in [3.05, 3.63) is 101 Å². The van der Waals surface area contributed by atoms with Gasteiger partial charge in [-0.1, -0.05) is 85.0 Å². The van der Waals surface area contributed by atoms with Crippen LogP contribution in [0.3, 0.4) is 0 Å². The van der Waals surface area contributed by atoms with Gasteiger partial charge in [-0.15, -0.1) is 0 Å². The fraction of sp³-hybridized carbons (Fsp3) is 0.290. The Kier molecular flexibility index (Phi) is 7.38. The maximum atomic E-state index is 12.9. The SMILES string of the molecule is CC1(C)OB(C(=Cc2cccc(C(N)=S)c2)CNC(=O)OCC2c3ccccc3-c3ccccc32)OC1(C)C. The molecule has 6 nitrogen and oxygen atoms in total. The average molecular weight is 540 g/mol. The Hall–Kier alpha value is -3.46. The summed E-state index contributed by atoms with van der Waals surface area (Å²) in [5.74, 6) is -0.0101. The van der Waals surface area contributed by atoms with E-state index in [9.17, 15) is 4.79 Å². The minimum absolute atomic E-state index is 0.0101. The highest BCUT2D eigenvalue weighted by Gasteiger charge is 2.52. The molecule has 3 aromatic rings. The van der Waals surface area contributed by atoms with E-state index in [1.54, 1.807) is 0 Å². The van der Waals surface area contributed by atoms with Gasteiger partial charge in [0, 0.05) is 18.0 Å². The number of thiocarbonyl (C=S) groups is 1. The van der Waals surface area contributed by atoms with E-state index in [1.165, 1.54) is 22.3 Å². The molecule has 1 heterocycles. The Bertz CT molecular complexity index is 1390. The van der Waals surface area contributed by atoms with Crippen LogP contribution in [0.25, 0.3) is 17.2 Å². The molecule has 0 spiro atoms. The number of fused-ring (bicyclic) bond motifs is 3. The van der Waals surface area contributed by atoms with Crippen LogP contribution in [-0.4, -0.2) is 42.6 Å². The lowest BCUT2D eigenvalue weighted by molar-refractivity contribution is 0.00578. The van der Waals surface area contributed by atoms with Crippen LogP contribution in [0.5, 0.6) is 0 Å². The van der Waals surface area contributed by atoms with Crippen LogP contribution < -0.4 is 11.1 Å². The van der Waals surface area contributed by atoms with Crippen LogP contribution in [0.1, 0.15) is 55.9 Å². The van der Waals surface area contributed by atoms with Crippen molar-refractivity contribution in [3.63, 3.8) is 0 Å². The molecule has 1 aliphatic heterocycles. The smallest absolute Gasteiger partial charge is 0.449 e. The summed E-state index contributed by atoms with van der Waals surface area (Å²) in [6, 6.07) is 24.1. The van der Waals surface area contributed by atoms with Crippen LogP contribution in [0, 0.1) is 0 Å². The third-order valence-corrected chi connectivity index (χ3v) is 8.10. The van der Waals surface area contributed by atoms with Crippen molar-refractivity contribution in [2.45, 2.75) is 44.8 Å². The maximum Gasteiger partial charge on any atom is 0.492 e. The number of carbonyl (C=O) groups is 1. The number of hydrogen-bond acceptors (Lipinski definition) is 5. The first-order valence-corrected chi connectivity index (χ1v) is 13.5. The van der Waals surface area contributed by atoms with Crippen molar-refractivity contribution < 1.29 is 18.8 Å². The van der Waals surface area contributed by atoms with Crippen LogP contribution in [0.15, 0.2) is 78.3 Å². The van der Waals surface area contributed by atoms with Gasteiger partial charge in [-0.2, -0.15) is 0 Å². The third kappa shape index (κ3) is 5.50. The van der Waals surface area contributed by atoms with Crippen LogP contribution in [0.2, 0.25) is 0 Å². The first-order chi connectivity index (χ1) is 18.6. The van der Waals surface area contributed by atoms with E-state index in [1.807, 2.05) is 82.3 Å². The zero-order valence-electron chi connectivity index (χ0n) is 22.7. The molecule has 39 heavy (non-hydrogen) atoms. The summed E-state index contributed by atoms with van der Waals surface area (Å²) in [5.41, 5.74) is 11.9. The molecule has 2 aliphatic rings. The summed E-state index contributed by atoms with van der Waals surface area (Å²) in [6.07, 6.45) is 1.43. The highest BCUT2D eigenvalue weighted by atomic mass is 32.1. The molecular formula is C31H33BN2O4S. The van der Waals surface area contributed by atoms with Crippen molar-refractivity contribution in [2.24, 2.45) is 5.73 Å². The summed E-state index contributed by atoms with van der Waals surface area (Å²) < 4.78 is 18.3. The fourth-order valence-corrected chi connectivity index (χ4v) is 5.14. The van der Waals surface area contributed by atoms with Gasteiger partial charge in [-0.05, 0) is 67.1 Å². The molecular weight excluding hydrogens is 507 g/mol. The molecule has 0 bridgehead atoms. The number of alkyl carbamates (subject to hydrolysis) is 1. The molecule has 3 N–H and O–H groups in total. The molecule has 0 atom stereocenters. The van der Waals surface area contributed by atoms with Gasteiger partial charge in [0.15, 0.2) is 0 Å². The third-order valence-electron chi connectivity index (χ3n) is 7.86. The summed E-state index contributed by atoms with van der Waals surface area (Å²) in [6.45, 7) is 8.42. The Labute approximate surface area is 235 Å². The van der Waals surface area contributed by atoms with Gasteiger partial charge in [-0.25, -0.2) is 4.79 Å². The van der Waals surface area contributed by atoms with Gasteiger partial charge in [0.1, 0.15) is 11.6 Å². The number of rotatable bonds is 7. The van der Waals surface area contributed by atoms with Crippen LogP contribution in [-0.2, 0) is 14.0 Å². The number of hydrogen-bond donors (Lipinski definition) is 2. The predicted octanol–water partition coefficient (Wildman–Crippen LogP) is 5.87. The Morgan fingerprint density at radius 1 is 0.974 bits per heavy atom. The molecule has 1 saturated heterocycles. The molecule has 5 rings (SSSR count). The second-order valence-electron chi connectivity index (χ2n) is 11.0. The second kappa shape index (κ2) is 10.6. The minimum Gasteiger partial charge on any atom is -0.449 e. The molecule has 1 fully saturated rings. The number of amides is 1. The molecule has 0 saturated carbocycles. The van der Waals surface area contributed by atoms with Crippen LogP contribution >= 0.6 is 12.2 Å². The molecule has 3 aromatic carbocycles. The molecule has 1 amide bonds. The van der Waals surface area contributed by atoms with Gasteiger partial charge >= 0.3 is 13.2 Å². The van der Waals surface area contributed by atoms with E-state index >= 15 is 0 Å². The fourth-order valence-electron chi connectivity index (χ4n) is 5.02. The molecule has 1 aliphatic carbocycles. The molecule has 200 valence electrons. The zero-order chi connectivity index (χ0) is 27.8. The van der Waals surface area contributed by atoms with E-state index in [0.29, 0.717) is 4.99 Å². The van der Waals surface area contributed by atoms with Crippen molar-refractivity contribution in [1.29, 1.82) is 0 Å². The number of benzene rings is 3. The quantitative estimate of drug-likeness (QED) is 0.288. The van der Waals surface area contributed by atoms with Crippen molar-refractivity contribution in [2.75, 3.05) is 13.2 Å². The lowest BCUT2D eigenvalue weighted by atomic mass is 9.77. The number of ether oxygens (including phenoxy) is 1. The summed E-state index contributed by atoms with van der Waals surface area (Å²) >= 11 is 5.15. The summed E-state index contributed by atoms with van der Waals surface area (Å²) in [4.78, 5) is 13.2. The van der Waals surface area contributed by atoms with Crippen molar-refractivity contribution in [3.8, 4) is 11.1 Å². The Morgan fingerprint density at radius 3 is 2.15 bits per heavy atom. The Morgan fingerprint density at radius 2 is 1.56 bits per heavy atom. The monoisotopic (exact) mass is 540 g/mol. The van der Waals surface area contributed by atoms with Gasteiger partial charge in [0.25, 0.3) is 0 Å². The Balaban J connectivity index is 1.31. The summed E-state index contributed by atoms with van der Waals surface area (Å²) in [7, 11) is -0.641. The van der Waals surface area contributed by atoms with E-state index in [-0.39, 0.29) is 19.1 Å². The lowest BCUT2D eigenvalue weighted by Crippen LogP contribution is -2.41. The number of carbonyl (C=O) groups excluding carboxylic acids is 1. The van der Waals surface area contributed by atoms with Gasteiger partial charge in [0.05, 0.1) is 11.2 Å². The van der Waals surface area contributed by atoms with Gasteiger partial charge < -0.3 is 25.1 Å². The highest BCUT2D eigenvalue weighted by molar-refractivity contribution is 7.80. The standard InChI is InChI=1S/C31H33BN2O4S/c1-30(2)31(3,4)38-32(37-30)22(17-20-10-9-11-21(16-20)28(33)39)18-34-29(35)36-19-27-25-14-7-5-12-23(25)24-13-6-8-15-26(24)27/h5-17,27H,18-19H2,1-4H3,(H2,33,39)(H,34,35). The number of nitrogens with two attached hydrogens (primary N) is 1. The first-order valence-electron chi connectivity index (χ1n) is 13.1. The van der Waals surface area contributed by atoms with Gasteiger partial charge in [0.2, 0.25) is 0 Å². The number of nitrogens with one attached hydrogen (secondary N) is 1. The van der Waals surface area contributed by atoms with E-state index < -0.39 is 24.4 Å². The first kappa shape index (κ1) is 27.1. The lowest BCUT2D eigenvalue weighted by Gasteiger charge is -2.32.